The number of nitrogens with zero attached hydrogens (tertiary/aromatic N) is 2. The molecule has 0 bridgehead atoms. The standard InChI is InChI=1S/C13H22N2O/c1-12(2)11(13(12,3)4)9(16)8-10-14-6-7-15(10)5/h6-7,9,11,16H,8H2,1-5H3. The summed E-state index contributed by atoms with van der Waals surface area (Å²) in [6.45, 7) is 8.94. The SMILES string of the molecule is Cn1ccnc1CC(O)C1C(C)(C)C1(C)C. The summed E-state index contributed by atoms with van der Waals surface area (Å²) in [5.41, 5.74) is 0.467. The van der Waals surface area contributed by atoms with Gasteiger partial charge in [0.05, 0.1) is 6.10 Å². The van der Waals surface area contributed by atoms with Gasteiger partial charge in [0.15, 0.2) is 0 Å². The lowest BCUT2D eigenvalue weighted by molar-refractivity contribution is 0.126. The molecule has 3 nitrogen and oxygen atoms in total. The molecular formula is C13H22N2O. The van der Waals surface area contributed by atoms with Crippen molar-refractivity contribution >= 4 is 0 Å². The summed E-state index contributed by atoms with van der Waals surface area (Å²) in [6, 6.07) is 0. The van der Waals surface area contributed by atoms with Crippen LogP contribution >= 0.6 is 0 Å². The van der Waals surface area contributed by atoms with E-state index in [4.69, 9.17) is 0 Å². The maximum atomic E-state index is 10.3. The van der Waals surface area contributed by atoms with E-state index in [1.165, 1.54) is 0 Å². The van der Waals surface area contributed by atoms with E-state index < -0.39 is 0 Å². The molecule has 1 atom stereocenters. The zero-order valence-electron chi connectivity index (χ0n) is 10.9. The van der Waals surface area contributed by atoms with Gasteiger partial charge in [-0.2, -0.15) is 0 Å². The smallest absolute Gasteiger partial charge is 0.110 e. The molecule has 16 heavy (non-hydrogen) atoms. The van der Waals surface area contributed by atoms with Crippen LogP contribution in [0.25, 0.3) is 0 Å². The molecule has 90 valence electrons. The van der Waals surface area contributed by atoms with Crippen molar-refractivity contribution in [2.24, 2.45) is 23.8 Å². The Bertz CT molecular complexity index is 378. The van der Waals surface area contributed by atoms with Gasteiger partial charge in [0.2, 0.25) is 0 Å². The molecular weight excluding hydrogens is 200 g/mol. The van der Waals surface area contributed by atoms with Gasteiger partial charge in [0, 0.05) is 25.9 Å². The molecule has 1 heterocycles. The zero-order chi connectivity index (χ0) is 12.1. The molecule has 0 saturated heterocycles. The van der Waals surface area contributed by atoms with Crippen LogP contribution in [0.1, 0.15) is 33.5 Å². The van der Waals surface area contributed by atoms with E-state index in [2.05, 4.69) is 32.7 Å². The second kappa shape index (κ2) is 3.33. The normalized spacial score (nSPS) is 24.4. The lowest BCUT2D eigenvalue weighted by Crippen LogP contribution is -2.19. The van der Waals surface area contributed by atoms with Gasteiger partial charge in [-0.25, -0.2) is 4.98 Å². The van der Waals surface area contributed by atoms with E-state index in [1.807, 2.05) is 17.8 Å². The minimum atomic E-state index is -0.286. The van der Waals surface area contributed by atoms with E-state index in [9.17, 15) is 5.11 Å². The summed E-state index contributed by atoms with van der Waals surface area (Å²) in [6.07, 6.45) is 4.07. The van der Waals surface area contributed by atoms with Gasteiger partial charge < -0.3 is 9.67 Å². The summed E-state index contributed by atoms with van der Waals surface area (Å²) in [7, 11) is 1.97. The van der Waals surface area contributed by atoms with E-state index in [0.717, 1.165) is 5.82 Å². The highest BCUT2D eigenvalue weighted by Crippen LogP contribution is 2.69. The molecule has 0 aromatic carbocycles. The largest absolute Gasteiger partial charge is 0.392 e. The lowest BCUT2D eigenvalue weighted by Gasteiger charge is -2.12. The quantitative estimate of drug-likeness (QED) is 0.849. The maximum Gasteiger partial charge on any atom is 0.110 e. The van der Waals surface area contributed by atoms with Gasteiger partial charge in [0.1, 0.15) is 5.82 Å². The molecule has 1 aliphatic rings. The first kappa shape index (κ1) is 11.6. The predicted octanol–water partition coefficient (Wildman–Crippen LogP) is 2.01. The van der Waals surface area contributed by atoms with Crippen molar-refractivity contribution in [3.8, 4) is 0 Å². The highest BCUT2D eigenvalue weighted by molar-refractivity contribution is 5.16. The van der Waals surface area contributed by atoms with Gasteiger partial charge in [-0.3, -0.25) is 0 Å². The fraction of sp³-hybridized carbons (Fsp3) is 0.769. The maximum absolute atomic E-state index is 10.3. The van der Waals surface area contributed by atoms with Gasteiger partial charge in [0.25, 0.3) is 0 Å². The molecule has 0 aliphatic heterocycles. The molecule has 1 N–H and O–H groups in total. The Kier molecular flexibility index (Phi) is 2.42. The van der Waals surface area contributed by atoms with Crippen molar-refractivity contribution in [2.45, 2.75) is 40.2 Å². The van der Waals surface area contributed by atoms with Crippen molar-refractivity contribution in [1.82, 2.24) is 9.55 Å². The molecule has 2 rings (SSSR count). The molecule has 1 aromatic heterocycles. The minimum Gasteiger partial charge on any atom is -0.392 e. The van der Waals surface area contributed by atoms with Crippen molar-refractivity contribution in [2.75, 3.05) is 0 Å². The van der Waals surface area contributed by atoms with Gasteiger partial charge in [-0.1, -0.05) is 27.7 Å². The van der Waals surface area contributed by atoms with Crippen molar-refractivity contribution in [3.63, 3.8) is 0 Å². The van der Waals surface area contributed by atoms with E-state index in [-0.39, 0.29) is 16.9 Å². The fourth-order valence-electron chi connectivity index (χ4n) is 3.11. The molecule has 0 radical (unpaired) electrons. The van der Waals surface area contributed by atoms with Crippen molar-refractivity contribution in [3.05, 3.63) is 18.2 Å². The topological polar surface area (TPSA) is 38.0 Å². The summed E-state index contributed by atoms with van der Waals surface area (Å²) in [4.78, 5) is 4.26. The van der Waals surface area contributed by atoms with Crippen LogP contribution in [0.2, 0.25) is 0 Å². The zero-order valence-corrected chi connectivity index (χ0v) is 10.9. The first-order valence-corrected chi connectivity index (χ1v) is 5.92. The number of hydrogen-bond donors (Lipinski definition) is 1. The van der Waals surface area contributed by atoms with E-state index >= 15 is 0 Å². The summed E-state index contributed by atoms with van der Waals surface area (Å²) in [5.74, 6) is 1.34. The van der Waals surface area contributed by atoms with Crippen LogP contribution in [0.15, 0.2) is 12.4 Å². The number of aryl methyl sites for hydroxylation is 1. The molecule has 1 saturated carbocycles. The molecule has 0 amide bonds. The number of hydrogen-bond acceptors (Lipinski definition) is 2. The molecule has 1 fully saturated rings. The lowest BCUT2D eigenvalue weighted by atomic mass is 10.0. The van der Waals surface area contributed by atoms with Crippen molar-refractivity contribution < 1.29 is 5.11 Å². The molecule has 1 aromatic rings. The van der Waals surface area contributed by atoms with Gasteiger partial charge in [-0.15, -0.1) is 0 Å². The highest BCUT2D eigenvalue weighted by atomic mass is 16.3. The van der Waals surface area contributed by atoms with Crippen LogP contribution in [-0.2, 0) is 13.5 Å². The highest BCUT2D eigenvalue weighted by Gasteiger charge is 2.67. The second-order valence-electron chi connectivity index (χ2n) is 6.15. The monoisotopic (exact) mass is 222 g/mol. The Morgan fingerprint density at radius 1 is 1.38 bits per heavy atom. The Morgan fingerprint density at radius 3 is 2.31 bits per heavy atom. The Hall–Kier alpha value is -0.830. The van der Waals surface area contributed by atoms with E-state index in [0.29, 0.717) is 12.3 Å². The van der Waals surface area contributed by atoms with Crippen LogP contribution in [0.4, 0.5) is 0 Å². The Morgan fingerprint density at radius 2 is 1.94 bits per heavy atom. The van der Waals surface area contributed by atoms with Crippen LogP contribution in [0.3, 0.4) is 0 Å². The van der Waals surface area contributed by atoms with Crippen LogP contribution in [0.5, 0.6) is 0 Å². The first-order valence-electron chi connectivity index (χ1n) is 5.92. The third-order valence-electron chi connectivity index (χ3n) is 4.83. The third kappa shape index (κ3) is 1.49. The number of aliphatic hydroxyl groups is 1. The van der Waals surface area contributed by atoms with E-state index in [1.54, 1.807) is 6.20 Å². The number of rotatable bonds is 3. The molecule has 0 spiro atoms. The average Bonchev–Trinajstić information content (AvgIpc) is 2.44. The molecule has 1 aliphatic carbocycles. The first-order chi connectivity index (χ1) is 7.28. The fourth-order valence-corrected chi connectivity index (χ4v) is 3.11. The number of imidazole rings is 1. The predicted molar refractivity (Wildman–Crippen MR) is 64.0 cm³/mol. The Labute approximate surface area is 97.5 Å². The molecule has 3 heteroatoms. The van der Waals surface area contributed by atoms with Crippen LogP contribution in [0, 0.1) is 16.7 Å². The second-order valence-corrected chi connectivity index (χ2v) is 6.15. The summed E-state index contributed by atoms with van der Waals surface area (Å²) >= 11 is 0. The van der Waals surface area contributed by atoms with Gasteiger partial charge in [-0.05, 0) is 16.7 Å². The van der Waals surface area contributed by atoms with Crippen LogP contribution < -0.4 is 0 Å². The van der Waals surface area contributed by atoms with Crippen molar-refractivity contribution in [1.29, 1.82) is 0 Å². The molecule has 1 unspecified atom stereocenters. The third-order valence-corrected chi connectivity index (χ3v) is 4.83. The number of aromatic nitrogens is 2. The summed E-state index contributed by atoms with van der Waals surface area (Å²) < 4.78 is 1.98. The average molecular weight is 222 g/mol. The number of aliphatic hydroxyl groups excluding tert-OH is 1. The Balaban J connectivity index is 2.07. The summed E-state index contributed by atoms with van der Waals surface area (Å²) in [5, 5.41) is 10.3. The minimum absolute atomic E-state index is 0.234. The van der Waals surface area contributed by atoms with Gasteiger partial charge >= 0.3 is 0 Å². The van der Waals surface area contributed by atoms with Crippen LogP contribution in [-0.4, -0.2) is 20.8 Å².